The summed E-state index contributed by atoms with van der Waals surface area (Å²) in [5, 5.41) is 16.5. The Balaban J connectivity index is 1.49. The maximum Gasteiger partial charge on any atom is 0.251 e. The molecule has 0 aliphatic heterocycles. The van der Waals surface area contributed by atoms with Crippen molar-refractivity contribution in [2.75, 3.05) is 17.2 Å². The fourth-order valence-electron chi connectivity index (χ4n) is 3.52. The molecule has 0 saturated heterocycles. The number of aromatic amines is 1. The molecular formula is C23H24FN7O3S. The molecule has 182 valence electrons. The summed E-state index contributed by atoms with van der Waals surface area (Å²) in [6, 6.07) is 8.31. The molecule has 2 aromatic heterocycles. The smallest absolute Gasteiger partial charge is 0.251 e. The number of nitrogens with one attached hydrogen (secondary N) is 4. The molecule has 35 heavy (non-hydrogen) atoms. The van der Waals surface area contributed by atoms with Crippen molar-refractivity contribution in [3.05, 3.63) is 47.7 Å². The number of carbonyl (C=O) groups excluding carboxylic acids is 3. The molecule has 0 spiro atoms. The zero-order valence-electron chi connectivity index (χ0n) is 19.1. The summed E-state index contributed by atoms with van der Waals surface area (Å²) in [5.41, 5.74) is 6.53. The van der Waals surface area contributed by atoms with E-state index in [1.54, 1.807) is 50.4 Å². The van der Waals surface area contributed by atoms with E-state index in [0.717, 1.165) is 10.1 Å². The Bertz CT molecular complexity index is 1430. The normalized spacial score (nSPS) is 11.5. The van der Waals surface area contributed by atoms with Crippen molar-refractivity contribution in [1.82, 2.24) is 20.5 Å². The molecule has 0 atom stereocenters. The zero-order valence-corrected chi connectivity index (χ0v) is 19.9. The summed E-state index contributed by atoms with van der Waals surface area (Å²) in [5.74, 6) is -1.23. The van der Waals surface area contributed by atoms with Crippen LogP contribution in [-0.2, 0) is 16.3 Å². The topological polar surface area (TPSA) is 155 Å². The van der Waals surface area contributed by atoms with E-state index in [1.165, 1.54) is 11.3 Å². The highest BCUT2D eigenvalue weighted by atomic mass is 32.1. The molecule has 6 N–H and O–H groups in total. The molecule has 12 heteroatoms. The largest absolute Gasteiger partial charge is 0.372 e. The van der Waals surface area contributed by atoms with Crippen LogP contribution in [0, 0.1) is 0 Å². The molecule has 0 bridgehead atoms. The van der Waals surface area contributed by atoms with Gasteiger partial charge in [-0.2, -0.15) is 5.10 Å². The summed E-state index contributed by atoms with van der Waals surface area (Å²) in [4.78, 5) is 40.7. The van der Waals surface area contributed by atoms with E-state index in [9.17, 15) is 18.8 Å². The Morgan fingerprint density at radius 3 is 2.77 bits per heavy atom. The molecule has 2 aromatic carbocycles. The lowest BCUT2D eigenvalue weighted by Gasteiger charge is -2.26. The van der Waals surface area contributed by atoms with Gasteiger partial charge in [-0.15, -0.1) is 0 Å². The van der Waals surface area contributed by atoms with Crippen molar-refractivity contribution >= 4 is 61.0 Å². The van der Waals surface area contributed by atoms with E-state index in [1.807, 2.05) is 0 Å². The van der Waals surface area contributed by atoms with E-state index in [-0.39, 0.29) is 24.8 Å². The summed E-state index contributed by atoms with van der Waals surface area (Å²) < 4.78 is 14.3. The highest BCUT2D eigenvalue weighted by molar-refractivity contribution is 7.23. The number of nitrogens with zero attached hydrogens (tertiary/aromatic N) is 2. The minimum Gasteiger partial charge on any atom is -0.372 e. The third-order valence-electron chi connectivity index (χ3n) is 5.33. The van der Waals surface area contributed by atoms with E-state index >= 15 is 0 Å². The minimum absolute atomic E-state index is 0.0432. The molecule has 0 saturated carbocycles. The lowest BCUT2D eigenvalue weighted by Crippen LogP contribution is -2.44. The Morgan fingerprint density at radius 1 is 1.23 bits per heavy atom. The average Bonchev–Trinajstić information content (AvgIpc) is 3.44. The number of halogens is 1. The molecule has 0 unspecified atom stereocenters. The number of H-pyrrole nitrogens is 1. The number of alkyl halides is 1. The van der Waals surface area contributed by atoms with Gasteiger partial charge in [-0.1, -0.05) is 17.4 Å². The van der Waals surface area contributed by atoms with Gasteiger partial charge in [0.25, 0.3) is 11.8 Å². The Morgan fingerprint density at radius 2 is 2.03 bits per heavy atom. The van der Waals surface area contributed by atoms with Crippen LogP contribution in [0.25, 0.3) is 21.1 Å². The van der Waals surface area contributed by atoms with Crippen LogP contribution in [0.1, 0.15) is 36.2 Å². The third kappa shape index (κ3) is 5.22. The second-order valence-corrected chi connectivity index (χ2v) is 9.45. The standard InChI is InChI=1S/C23H24FN7O3S/c1-23(2,30-14-5-3-4-12(8-14)20(33)26-7-6-17(25)32)21(34)29-22-28-18-13(10-24)9-16-15(11-27-31-16)19(18)35-22/h3-5,8-9,11,30H,6-7,10H2,1-2H3,(H2,25,32)(H,26,33)(H,27,31)(H,28,29,34). The molecular weight excluding hydrogens is 473 g/mol. The van der Waals surface area contributed by atoms with Crippen molar-refractivity contribution < 1.29 is 18.8 Å². The first kappa shape index (κ1) is 24.1. The number of thiazole rings is 1. The number of hydrogen-bond acceptors (Lipinski definition) is 7. The summed E-state index contributed by atoms with van der Waals surface area (Å²) in [6.45, 7) is 2.83. The SMILES string of the molecule is CC(C)(Nc1cccc(C(=O)NCCC(N)=O)c1)C(=O)Nc1nc2c(CF)cc3[nH]ncc3c2s1. The van der Waals surface area contributed by atoms with Crippen LogP contribution >= 0.6 is 11.3 Å². The number of rotatable bonds is 9. The minimum atomic E-state index is -1.08. The van der Waals surface area contributed by atoms with Crippen molar-refractivity contribution in [3.8, 4) is 0 Å². The number of carbonyl (C=O) groups is 3. The molecule has 4 aromatic rings. The average molecular weight is 498 g/mol. The van der Waals surface area contributed by atoms with E-state index in [4.69, 9.17) is 5.73 Å². The van der Waals surface area contributed by atoms with Gasteiger partial charge in [-0.25, -0.2) is 9.37 Å². The Kier molecular flexibility index (Phi) is 6.65. The molecule has 0 aliphatic rings. The lowest BCUT2D eigenvalue weighted by molar-refractivity contribution is -0.119. The highest BCUT2D eigenvalue weighted by Crippen LogP contribution is 2.35. The molecule has 0 fully saturated rings. The van der Waals surface area contributed by atoms with Crippen LogP contribution in [0.4, 0.5) is 15.2 Å². The molecule has 0 radical (unpaired) electrons. The van der Waals surface area contributed by atoms with Crippen LogP contribution < -0.4 is 21.7 Å². The zero-order chi connectivity index (χ0) is 25.2. The van der Waals surface area contributed by atoms with E-state index in [2.05, 4.69) is 31.1 Å². The van der Waals surface area contributed by atoms with Gasteiger partial charge in [0.05, 0.1) is 21.9 Å². The van der Waals surface area contributed by atoms with Gasteiger partial charge in [0.1, 0.15) is 12.2 Å². The summed E-state index contributed by atoms with van der Waals surface area (Å²) in [7, 11) is 0. The van der Waals surface area contributed by atoms with E-state index < -0.39 is 18.1 Å². The van der Waals surface area contributed by atoms with Gasteiger partial charge >= 0.3 is 0 Å². The van der Waals surface area contributed by atoms with Crippen LogP contribution in [0.2, 0.25) is 0 Å². The third-order valence-corrected chi connectivity index (χ3v) is 6.34. The number of amides is 3. The maximum absolute atomic E-state index is 13.6. The Hall–Kier alpha value is -4.06. The first-order valence-electron chi connectivity index (χ1n) is 10.8. The fraction of sp³-hybridized carbons (Fsp3) is 0.261. The van der Waals surface area contributed by atoms with Crippen molar-refractivity contribution in [1.29, 1.82) is 0 Å². The molecule has 2 heterocycles. The van der Waals surface area contributed by atoms with Gasteiger partial charge in [0.2, 0.25) is 5.91 Å². The van der Waals surface area contributed by atoms with Gasteiger partial charge in [0.15, 0.2) is 5.13 Å². The van der Waals surface area contributed by atoms with Gasteiger partial charge in [-0.3, -0.25) is 24.8 Å². The molecule has 4 rings (SSSR count). The van der Waals surface area contributed by atoms with Crippen LogP contribution in [0.15, 0.2) is 36.5 Å². The van der Waals surface area contributed by atoms with Crippen LogP contribution in [-0.4, -0.2) is 45.0 Å². The number of fused-ring (bicyclic) bond motifs is 3. The summed E-state index contributed by atoms with van der Waals surface area (Å²) in [6.07, 6.45) is 1.69. The number of primary amides is 1. The van der Waals surface area contributed by atoms with Crippen molar-refractivity contribution in [2.45, 2.75) is 32.5 Å². The second-order valence-electron chi connectivity index (χ2n) is 8.45. The number of anilines is 2. The number of benzene rings is 2. The van der Waals surface area contributed by atoms with Gasteiger partial charge < -0.3 is 16.4 Å². The molecule has 0 aliphatic carbocycles. The van der Waals surface area contributed by atoms with Crippen molar-refractivity contribution in [2.24, 2.45) is 5.73 Å². The number of nitrogens with two attached hydrogens (primary N) is 1. The molecule has 3 amide bonds. The maximum atomic E-state index is 13.6. The Labute approximate surface area is 203 Å². The van der Waals surface area contributed by atoms with Crippen molar-refractivity contribution in [3.63, 3.8) is 0 Å². The van der Waals surface area contributed by atoms with Crippen LogP contribution in [0.3, 0.4) is 0 Å². The predicted molar refractivity (Wildman–Crippen MR) is 133 cm³/mol. The van der Waals surface area contributed by atoms with E-state index in [0.29, 0.717) is 33.0 Å². The van der Waals surface area contributed by atoms with Crippen LogP contribution in [0.5, 0.6) is 0 Å². The fourth-order valence-corrected chi connectivity index (χ4v) is 4.54. The number of hydrogen-bond donors (Lipinski definition) is 5. The number of aromatic nitrogens is 3. The quantitative estimate of drug-likeness (QED) is 0.239. The van der Waals surface area contributed by atoms with Gasteiger partial charge in [-0.05, 0) is 38.1 Å². The lowest BCUT2D eigenvalue weighted by atomic mass is 10.0. The molecule has 10 nitrogen and oxygen atoms in total. The monoisotopic (exact) mass is 497 g/mol. The predicted octanol–water partition coefficient (Wildman–Crippen LogP) is 3.08. The first-order chi connectivity index (χ1) is 16.7. The first-order valence-corrected chi connectivity index (χ1v) is 11.6. The van der Waals surface area contributed by atoms with Gasteiger partial charge in [0, 0.05) is 35.2 Å². The second kappa shape index (κ2) is 9.66. The summed E-state index contributed by atoms with van der Waals surface area (Å²) >= 11 is 1.24. The highest BCUT2D eigenvalue weighted by Gasteiger charge is 2.29.